The number of halogens is 1. The number of fused-ring (bicyclic) bond motifs is 2. The molecule has 6 heteroatoms. The van der Waals surface area contributed by atoms with Gasteiger partial charge in [0.15, 0.2) is 5.78 Å². The maximum absolute atomic E-state index is 14.1. The number of hydrogen-bond acceptors (Lipinski definition) is 3. The van der Waals surface area contributed by atoms with E-state index in [1.165, 1.54) is 11.1 Å². The molecule has 1 aromatic heterocycles. The van der Waals surface area contributed by atoms with Gasteiger partial charge in [0.25, 0.3) is 0 Å². The summed E-state index contributed by atoms with van der Waals surface area (Å²) in [7, 11) is 8.30. The number of hydrogen-bond donors (Lipinski definition) is 0. The van der Waals surface area contributed by atoms with E-state index in [0.717, 1.165) is 66.6 Å². The molecule has 214 valence electrons. The molecule has 2 atom stereocenters. The molecule has 0 saturated carbocycles. The van der Waals surface area contributed by atoms with Crippen LogP contribution in [0, 0.1) is 17.2 Å². The Morgan fingerprint density at radius 1 is 1.21 bits per heavy atom. The number of carbonyl (C=O) groups is 1. The largest absolute Gasteiger partial charge is 0.377 e. The molecule has 1 aliphatic rings. The molecule has 1 heterocycles. The highest BCUT2D eigenvalue weighted by Gasteiger charge is 2.46. The number of Topliss-reactive ketones (excluding diaryl/α,β-unsaturated/α-hetero) is 1. The van der Waals surface area contributed by atoms with Crippen molar-refractivity contribution in [3.63, 3.8) is 0 Å². The fourth-order valence-electron chi connectivity index (χ4n) is 6.92. The summed E-state index contributed by atoms with van der Waals surface area (Å²) in [5.41, 5.74) is 4.41. The smallest absolute Gasteiger partial charge is 0.159 e. The van der Waals surface area contributed by atoms with E-state index >= 15 is 0 Å². The third kappa shape index (κ3) is 6.96. The molecule has 0 aliphatic heterocycles. The normalized spacial score (nSPS) is 19.2. The van der Waals surface area contributed by atoms with Crippen LogP contribution in [0.15, 0.2) is 42.5 Å². The van der Waals surface area contributed by atoms with Gasteiger partial charge in [-0.05, 0) is 65.5 Å². The first-order valence-electron chi connectivity index (χ1n) is 14.1. The van der Waals surface area contributed by atoms with Crippen LogP contribution in [0.2, 0.25) is 0 Å². The number of imidazole rings is 1. The molecule has 2 aromatic carbocycles. The molecule has 3 aromatic rings. The van der Waals surface area contributed by atoms with Crippen LogP contribution < -0.4 is 0 Å². The van der Waals surface area contributed by atoms with E-state index in [1.807, 2.05) is 12.1 Å². The summed E-state index contributed by atoms with van der Waals surface area (Å²) in [6.45, 7) is 6.67. The first kappa shape index (κ1) is 31.0. The standard InChI is InChI=1S/C32H45FN3O2.CH4/c1-23(2)31-27-14-13-25(33)20-24(27)15-16-32(31,21-26(37)22-38-6)17-19-36(4,5)18-9-12-30-34-28-10-7-8-11-29(28)35(30)3;/h7-8,10-11,13-14,20,23,31H,9,12,15-19,21-22H2,1-6H3;1H4/q+1;/t31-,32+;/m0./s1. The molecule has 0 spiro atoms. The Hall–Kier alpha value is -2.57. The lowest BCUT2D eigenvalue weighted by Crippen LogP contribution is -2.47. The summed E-state index contributed by atoms with van der Waals surface area (Å²) < 4.78 is 22.4. The molecule has 0 bridgehead atoms. The first-order valence-corrected chi connectivity index (χ1v) is 14.1. The molecule has 5 nitrogen and oxygen atoms in total. The van der Waals surface area contributed by atoms with Crippen molar-refractivity contribution in [2.45, 2.75) is 65.7 Å². The second-order valence-corrected chi connectivity index (χ2v) is 12.4. The molecule has 39 heavy (non-hydrogen) atoms. The van der Waals surface area contributed by atoms with Gasteiger partial charge in [0.05, 0.1) is 38.2 Å². The van der Waals surface area contributed by atoms with Crippen LogP contribution in [0.3, 0.4) is 0 Å². The van der Waals surface area contributed by atoms with Crippen LogP contribution in [-0.2, 0) is 29.4 Å². The molecule has 4 rings (SSSR count). The van der Waals surface area contributed by atoms with Gasteiger partial charge in [-0.1, -0.05) is 39.5 Å². The minimum atomic E-state index is -0.173. The van der Waals surface area contributed by atoms with Crippen LogP contribution >= 0.6 is 0 Å². The molecule has 0 fully saturated rings. The van der Waals surface area contributed by atoms with Crippen LogP contribution in [-0.4, -0.2) is 60.7 Å². The lowest BCUT2D eigenvalue weighted by Gasteiger charge is -2.48. The van der Waals surface area contributed by atoms with Crippen molar-refractivity contribution >= 4 is 16.8 Å². The number of ketones is 1. The van der Waals surface area contributed by atoms with Crippen LogP contribution in [0.25, 0.3) is 11.0 Å². The topological polar surface area (TPSA) is 44.1 Å². The van der Waals surface area contributed by atoms with Gasteiger partial charge in [-0.15, -0.1) is 0 Å². The van der Waals surface area contributed by atoms with E-state index in [1.54, 1.807) is 19.2 Å². The zero-order valence-electron chi connectivity index (χ0n) is 24.1. The average molecular weight is 539 g/mol. The Bertz CT molecular complexity index is 1270. The van der Waals surface area contributed by atoms with Crippen molar-refractivity contribution in [3.8, 4) is 0 Å². The molecule has 0 unspecified atom stereocenters. The van der Waals surface area contributed by atoms with Gasteiger partial charge in [0, 0.05) is 39.8 Å². The fraction of sp³-hybridized carbons (Fsp3) is 0.576. The van der Waals surface area contributed by atoms with Gasteiger partial charge < -0.3 is 13.8 Å². The fourth-order valence-corrected chi connectivity index (χ4v) is 6.92. The van der Waals surface area contributed by atoms with Crippen LogP contribution in [0.1, 0.15) is 69.8 Å². The third-order valence-corrected chi connectivity index (χ3v) is 8.77. The van der Waals surface area contributed by atoms with E-state index in [-0.39, 0.29) is 37.0 Å². The molecule has 0 N–H and O–H groups in total. The summed E-state index contributed by atoms with van der Waals surface area (Å²) in [5.74, 6) is 1.68. The predicted octanol–water partition coefficient (Wildman–Crippen LogP) is 6.73. The molecular weight excluding hydrogens is 489 g/mol. The molecule has 0 saturated heterocycles. The number of rotatable bonds is 12. The van der Waals surface area contributed by atoms with E-state index in [9.17, 15) is 9.18 Å². The van der Waals surface area contributed by atoms with Gasteiger partial charge in [-0.25, -0.2) is 9.37 Å². The molecule has 0 radical (unpaired) electrons. The Kier molecular flexibility index (Phi) is 10.1. The van der Waals surface area contributed by atoms with Crippen LogP contribution in [0.4, 0.5) is 4.39 Å². The minimum absolute atomic E-state index is 0. The lowest BCUT2D eigenvalue weighted by molar-refractivity contribution is -0.891. The second-order valence-electron chi connectivity index (χ2n) is 12.4. The lowest BCUT2D eigenvalue weighted by atomic mass is 9.57. The van der Waals surface area contributed by atoms with Crippen molar-refractivity contribution in [2.24, 2.45) is 18.4 Å². The van der Waals surface area contributed by atoms with Crippen LogP contribution in [0.5, 0.6) is 0 Å². The number of methoxy groups -OCH3 is 1. The van der Waals surface area contributed by atoms with Crippen molar-refractivity contribution in [2.75, 3.05) is 40.9 Å². The van der Waals surface area contributed by atoms with Crippen molar-refractivity contribution in [1.82, 2.24) is 9.55 Å². The Balaban J connectivity index is 0.00000420. The zero-order valence-corrected chi connectivity index (χ0v) is 24.1. The minimum Gasteiger partial charge on any atom is -0.377 e. The number of ether oxygens (including phenoxy) is 1. The highest BCUT2D eigenvalue weighted by atomic mass is 19.1. The Morgan fingerprint density at radius 2 is 1.95 bits per heavy atom. The summed E-state index contributed by atoms with van der Waals surface area (Å²) >= 11 is 0. The highest BCUT2D eigenvalue weighted by molar-refractivity contribution is 5.80. The van der Waals surface area contributed by atoms with Gasteiger partial charge in [-0.2, -0.15) is 0 Å². The van der Waals surface area contributed by atoms with Gasteiger partial charge >= 0.3 is 0 Å². The SMILES string of the molecule is C.COCC(=O)C[C@]1(CC[N+](C)(C)CCCc2nc3ccccc3n2C)CCc2cc(F)ccc2[C@@H]1C(C)C. The average Bonchev–Trinajstić information content (AvgIpc) is 3.18. The zero-order chi connectivity index (χ0) is 27.5. The van der Waals surface area contributed by atoms with Crippen molar-refractivity contribution < 1.29 is 18.4 Å². The third-order valence-electron chi connectivity index (χ3n) is 8.77. The van der Waals surface area contributed by atoms with E-state index in [4.69, 9.17) is 9.72 Å². The highest BCUT2D eigenvalue weighted by Crippen LogP contribution is 2.54. The molecule has 0 amide bonds. The molecular formula is C33H49FN3O2+. The number of carbonyl (C=O) groups excluding carboxylic acids is 1. The summed E-state index contributed by atoms with van der Waals surface area (Å²) in [5, 5.41) is 0. The predicted molar refractivity (Wildman–Crippen MR) is 158 cm³/mol. The molecule has 1 aliphatic carbocycles. The van der Waals surface area contributed by atoms with Gasteiger partial charge in [0.1, 0.15) is 18.2 Å². The van der Waals surface area contributed by atoms with Crippen molar-refractivity contribution in [3.05, 3.63) is 65.2 Å². The number of aryl methyl sites for hydroxylation is 3. The number of nitrogens with zero attached hydrogens (tertiary/aromatic N) is 3. The summed E-state index contributed by atoms with van der Waals surface area (Å²) in [6.07, 6.45) is 5.19. The monoisotopic (exact) mass is 538 g/mol. The maximum atomic E-state index is 14.1. The summed E-state index contributed by atoms with van der Waals surface area (Å²) in [6, 6.07) is 13.6. The maximum Gasteiger partial charge on any atom is 0.159 e. The second kappa shape index (κ2) is 12.7. The van der Waals surface area contributed by atoms with E-state index < -0.39 is 0 Å². The number of benzene rings is 2. The number of para-hydroxylation sites is 2. The van der Waals surface area contributed by atoms with Gasteiger partial charge in [0.2, 0.25) is 0 Å². The van der Waals surface area contributed by atoms with Crippen molar-refractivity contribution in [1.29, 1.82) is 0 Å². The number of quaternary nitrogens is 1. The summed E-state index contributed by atoms with van der Waals surface area (Å²) in [4.78, 5) is 17.9. The number of aromatic nitrogens is 2. The quantitative estimate of drug-likeness (QED) is 0.240. The Morgan fingerprint density at radius 3 is 2.64 bits per heavy atom. The van der Waals surface area contributed by atoms with E-state index in [0.29, 0.717) is 12.3 Å². The van der Waals surface area contributed by atoms with E-state index in [2.05, 4.69) is 57.8 Å². The first-order chi connectivity index (χ1) is 18.0. The Labute approximate surface area is 235 Å². The van der Waals surface area contributed by atoms with Gasteiger partial charge in [-0.3, -0.25) is 4.79 Å².